The quantitative estimate of drug-likeness (QED) is 0.657. The summed E-state index contributed by atoms with van der Waals surface area (Å²) in [6.45, 7) is 8.80. The number of amides is 2. The summed E-state index contributed by atoms with van der Waals surface area (Å²) in [4.78, 5) is 36.6. The predicted molar refractivity (Wildman–Crippen MR) is 94.2 cm³/mol. The van der Waals surface area contributed by atoms with Crippen molar-refractivity contribution >= 4 is 18.0 Å². The lowest BCUT2D eigenvalue weighted by atomic mass is 9.89. The number of carbonyl (C=O) groups is 3. The van der Waals surface area contributed by atoms with Gasteiger partial charge in [0, 0.05) is 0 Å². The molecule has 1 aliphatic carbocycles. The van der Waals surface area contributed by atoms with E-state index in [-0.39, 0.29) is 5.92 Å². The van der Waals surface area contributed by atoms with Crippen molar-refractivity contribution in [2.45, 2.75) is 90.3 Å². The highest BCUT2D eigenvalue weighted by Crippen LogP contribution is 2.28. The first-order valence-corrected chi connectivity index (χ1v) is 9.02. The highest BCUT2D eigenvalue weighted by Gasteiger charge is 2.42. The molecule has 0 bridgehead atoms. The molecule has 3 N–H and O–H groups in total. The predicted octanol–water partition coefficient (Wildman–Crippen LogP) is 2.83. The van der Waals surface area contributed by atoms with Gasteiger partial charge in [-0.2, -0.15) is 0 Å². The van der Waals surface area contributed by atoms with Gasteiger partial charge < -0.3 is 20.5 Å². The van der Waals surface area contributed by atoms with E-state index in [1.165, 1.54) is 0 Å². The Morgan fingerprint density at radius 3 is 1.96 bits per heavy atom. The summed E-state index contributed by atoms with van der Waals surface area (Å²) in [6.07, 6.45) is 3.59. The molecule has 0 aromatic heterocycles. The van der Waals surface area contributed by atoms with E-state index >= 15 is 0 Å². The van der Waals surface area contributed by atoms with Crippen LogP contribution in [0.15, 0.2) is 0 Å². The Kier molecular flexibility index (Phi) is 7.26. The molecule has 1 aliphatic rings. The van der Waals surface area contributed by atoms with Crippen LogP contribution < -0.4 is 10.6 Å². The molecule has 1 atom stereocenters. The molecule has 0 spiro atoms. The Labute approximate surface area is 149 Å². The van der Waals surface area contributed by atoms with Crippen molar-refractivity contribution in [3.05, 3.63) is 0 Å². The number of carbonyl (C=O) groups excluding carboxylic acids is 2. The third-order valence-electron chi connectivity index (χ3n) is 4.35. The van der Waals surface area contributed by atoms with E-state index < -0.39 is 35.2 Å². The van der Waals surface area contributed by atoms with Crippen LogP contribution in [0.25, 0.3) is 0 Å². The lowest BCUT2D eigenvalue weighted by molar-refractivity contribution is -0.148. The van der Waals surface area contributed by atoms with E-state index in [4.69, 9.17) is 4.74 Å². The van der Waals surface area contributed by atoms with Gasteiger partial charge in [0.2, 0.25) is 5.91 Å². The molecule has 0 saturated heterocycles. The van der Waals surface area contributed by atoms with Gasteiger partial charge in [0.15, 0.2) is 0 Å². The van der Waals surface area contributed by atoms with Crippen LogP contribution >= 0.6 is 0 Å². The molecule has 0 aromatic carbocycles. The molecule has 0 unspecified atom stereocenters. The smallest absolute Gasteiger partial charge is 0.408 e. The molecular weight excluding hydrogens is 324 g/mol. The third kappa shape index (κ3) is 6.55. The van der Waals surface area contributed by atoms with Crippen LogP contribution in [0.2, 0.25) is 0 Å². The molecule has 0 aromatic rings. The SMILES string of the molecule is CC(C)[C@H](NC(=O)OC(C)(C)C)C(=O)NC1(C(=O)O)CCCCCC1. The van der Waals surface area contributed by atoms with Gasteiger partial charge in [0.25, 0.3) is 0 Å². The number of carboxylic acid groups (broad SMARTS) is 1. The van der Waals surface area contributed by atoms with Gasteiger partial charge in [-0.15, -0.1) is 0 Å². The number of alkyl carbamates (subject to hydrolysis) is 1. The maximum absolute atomic E-state index is 12.7. The second-order valence-corrected chi connectivity index (χ2v) is 8.16. The summed E-state index contributed by atoms with van der Waals surface area (Å²) in [7, 11) is 0. The molecule has 25 heavy (non-hydrogen) atoms. The van der Waals surface area contributed by atoms with Gasteiger partial charge in [-0.25, -0.2) is 9.59 Å². The molecule has 7 heteroatoms. The molecule has 0 heterocycles. The van der Waals surface area contributed by atoms with Crippen molar-refractivity contribution in [3.63, 3.8) is 0 Å². The first kappa shape index (κ1) is 21.3. The second kappa shape index (κ2) is 8.54. The zero-order valence-electron chi connectivity index (χ0n) is 16.0. The monoisotopic (exact) mass is 356 g/mol. The van der Waals surface area contributed by atoms with Gasteiger partial charge >= 0.3 is 12.1 Å². The Hall–Kier alpha value is -1.79. The Morgan fingerprint density at radius 2 is 1.56 bits per heavy atom. The Morgan fingerprint density at radius 1 is 1.04 bits per heavy atom. The molecular formula is C18H32N2O5. The molecule has 144 valence electrons. The van der Waals surface area contributed by atoms with Crippen LogP contribution in [0.4, 0.5) is 4.79 Å². The van der Waals surface area contributed by atoms with Crippen LogP contribution in [0.5, 0.6) is 0 Å². The van der Waals surface area contributed by atoms with Gasteiger partial charge in [0.05, 0.1) is 0 Å². The van der Waals surface area contributed by atoms with Crippen LogP contribution in [0, 0.1) is 5.92 Å². The Bertz CT molecular complexity index is 488. The molecule has 0 aliphatic heterocycles. The largest absolute Gasteiger partial charge is 0.480 e. The van der Waals surface area contributed by atoms with E-state index in [2.05, 4.69) is 10.6 Å². The molecule has 1 fully saturated rings. The zero-order chi connectivity index (χ0) is 19.3. The fourth-order valence-corrected chi connectivity index (χ4v) is 3.01. The molecule has 2 amide bonds. The summed E-state index contributed by atoms with van der Waals surface area (Å²) in [5, 5.41) is 15.0. The number of rotatable bonds is 5. The van der Waals surface area contributed by atoms with E-state index in [9.17, 15) is 19.5 Å². The summed E-state index contributed by atoms with van der Waals surface area (Å²) in [6, 6.07) is -0.852. The van der Waals surface area contributed by atoms with E-state index in [0.29, 0.717) is 12.8 Å². The summed E-state index contributed by atoms with van der Waals surface area (Å²) < 4.78 is 5.20. The molecule has 0 radical (unpaired) electrons. The standard InChI is InChI=1S/C18H32N2O5/c1-12(2)13(19-16(24)25-17(3,4)5)14(21)20-18(15(22)23)10-8-6-7-9-11-18/h12-13H,6-11H2,1-5H3,(H,19,24)(H,20,21)(H,22,23)/t13-/m0/s1. The minimum atomic E-state index is -1.25. The summed E-state index contributed by atoms with van der Waals surface area (Å²) in [5.41, 5.74) is -1.93. The van der Waals surface area contributed by atoms with Gasteiger partial charge in [-0.3, -0.25) is 4.79 Å². The molecule has 7 nitrogen and oxygen atoms in total. The third-order valence-corrected chi connectivity index (χ3v) is 4.35. The van der Waals surface area contributed by atoms with Crippen molar-refractivity contribution in [1.29, 1.82) is 0 Å². The number of aliphatic carboxylic acids is 1. The topological polar surface area (TPSA) is 105 Å². The van der Waals surface area contributed by atoms with Crippen molar-refractivity contribution in [2.75, 3.05) is 0 Å². The first-order chi connectivity index (χ1) is 11.5. The van der Waals surface area contributed by atoms with Gasteiger partial charge in [-0.05, 0) is 39.5 Å². The van der Waals surface area contributed by atoms with E-state index in [1.807, 2.05) is 0 Å². The fourth-order valence-electron chi connectivity index (χ4n) is 3.01. The van der Waals surface area contributed by atoms with Crippen LogP contribution in [-0.4, -0.2) is 40.3 Å². The van der Waals surface area contributed by atoms with Crippen LogP contribution in [-0.2, 0) is 14.3 Å². The average molecular weight is 356 g/mol. The van der Waals surface area contributed by atoms with Gasteiger partial charge in [-0.1, -0.05) is 39.5 Å². The second-order valence-electron chi connectivity index (χ2n) is 8.16. The van der Waals surface area contributed by atoms with Crippen molar-refractivity contribution in [3.8, 4) is 0 Å². The van der Waals surface area contributed by atoms with Crippen LogP contribution in [0.3, 0.4) is 0 Å². The average Bonchev–Trinajstić information content (AvgIpc) is 2.69. The van der Waals surface area contributed by atoms with Crippen molar-refractivity contribution in [2.24, 2.45) is 5.92 Å². The highest BCUT2D eigenvalue weighted by molar-refractivity contribution is 5.91. The van der Waals surface area contributed by atoms with E-state index in [0.717, 1.165) is 25.7 Å². The molecule has 1 rings (SSSR count). The van der Waals surface area contributed by atoms with Crippen LogP contribution in [0.1, 0.15) is 73.1 Å². The number of hydrogen-bond donors (Lipinski definition) is 3. The molecule has 1 saturated carbocycles. The number of ether oxygens (including phenoxy) is 1. The first-order valence-electron chi connectivity index (χ1n) is 9.02. The van der Waals surface area contributed by atoms with Gasteiger partial charge in [0.1, 0.15) is 17.2 Å². The Balaban J connectivity index is 2.87. The summed E-state index contributed by atoms with van der Waals surface area (Å²) in [5.74, 6) is -1.70. The minimum absolute atomic E-state index is 0.204. The number of hydrogen-bond acceptors (Lipinski definition) is 4. The normalized spacial score (nSPS) is 18.8. The summed E-state index contributed by atoms with van der Waals surface area (Å²) >= 11 is 0. The minimum Gasteiger partial charge on any atom is -0.480 e. The lowest BCUT2D eigenvalue weighted by Crippen LogP contribution is -2.60. The van der Waals surface area contributed by atoms with Crippen molar-refractivity contribution < 1.29 is 24.2 Å². The number of carboxylic acids is 1. The zero-order valence-corrected chi connectivity index (χ0v) is 16.0. The number of nitrogens with one attached hydrogen (secondary N) is 2. The maximum atomic E-state index is 12.7. The lowest BCUT2D eigenvalue weighted by Gasteiger charge is -2.32. The maximum Gasteiger partial charge on any atom is 0.408 e. The fraction of sp³-hybridized carbons (Fsp3) is 0.833. The van der Waals surface area contributed by atoms with E-state index in [1.54, 1.807) is 34.6 Å². The van der Waals surface area contributed by atoms with Crippen molar-refractivity contribution in [1.82, 2.24) is 10.6 Å². The highest BCUT2D eigenvalue weighted by atomic mass is 16.6.